The third kappa shape index (κ3) is 3.60. The summed E-state index contributed by atoms with van der Waals surface area (Å²) in [7, 11) is 0. The Bertz CT molecular complexity index is 642. The Morgan fingerprint density at radius 1 is 1.50 bits per heavy atom. The van der Waals surface area contributed by atoms with Gasteiger partial charge < -0.3 is 15.0 Å². The average Bonchev–Trinajstić information content (AvgIpc) is 2.44. The Kier molecular flexibility index (Phi) is 4.79. The summed E-state index contributed by atoms with van der Waals surface area (Å²) in [6, 6.07) is 7.55. The molecule has 0 saturated heterocycles. The predicted octanol–water partition coefficient (Wildman–Crippen LogP) is 3.45. The average molecular weight is 338 g/mol. The Morgan fingerprint density at radius 2 is 2.30 bits per heavy atom. The molecule has 1 aromatic heterocycles. The highest BCUT2D eigenvalue weighted by Gasteiger charge is 2.07. The highest BCUT2D eigenvalue weighted by molar-refractivity contribution is 9.10. The summed E-state index contributed by atoms with van der Waals surface area (Å²) in [6.07, 6.45) is 2.46. The van der Waals surface area contributed by atoms with Gasteiger partial charge in [0.15, 0.2) is 5.82 Å². The van der Waals surface area contributed by atoms with Crippen LogP contribution in [0, 0.1) is 0 Å². The van der Waals surface area contributed by atoms with Crippen molar-refractivity contribution in [3.05, 3.63) is 45.4 Å². The molecular formula is C14H16BrN3O2. The fourth-order valence-electron chi connectivity index (χ4n) is 1.57. The zero-order valence-electron chi connectivity index (χ0n) is 11.3. The van der Waals surface area contributed by atoms with Gasteiger partial charge in [-0.05, 0) is 41.4 Å². The van der Waals surface area contributed by atoms with Crippen molar-refractivity contribution in [1.82, 2.24) is 9.97 Å². The van der Waals surface area contributed by atoms with Gasteiger partial charge in [0, 0.05) is 11.8 Å². The van der Waals surface area contributed by atoms with E-state index in [4.69, 9.17) is 4.74 Å². The van der Waals surface area contributed by atoms with Crippen LogP contribution < -0.4 is 15.6 Å². The minimum atomic E-state index is -0.227. The number of nitrogens with zero attached hydrogens (tertiary/aromatic N) is 1. The maximum Gasteiger partial charge on any atom is 0.267 e. The molecule has 2 rings (SSSR count). The third-order valence-corrected chi connectivity index (χ3v) is 3.54. The smallest absolute Gasteiger partial charge is 0.267 e. The molecule has 0 aliphatic heterocycles. The van der Waals surface area contributed by atoms with Gasteiger partial charge in [-0.25, -0.2) is 4.98 Å². The topological polar surface area (TPSA) is 67.0 Å². The minimum Gasteiger partial charge on any atom is -0.491 e. The number of aromatic amines is 1. The van der Waals surface area contributed by atoms with E-state index in [9.17, 15) is 4.79 Å². The van der Waals surface area contributed by atoms with E-state index in [-0.39, 0.29) is 11.7 Å². The van der Waals surface area contributed by atoms with Crippen molar-refractivity contribution in [1.29, 1.82) is 0 Å². The number of rotatable bonds is 5. The van der Waals surface area contributed by atoms with Crippen LogP contribution in [-0.4, -0.2) is 16.1 Å². The van der Waals surface area contributed by atoms with Crippen molar-refractivity contribution in [2.75, 3.05) is 5.32 Å². The van der Waals surface area contributed by atoms with Crippen molar-refractivity contribution in [3.8, 4) is 5.75 Å². The van der Waals surface area contributed by atoms with Gasteiger partial charge in [-0.2, -0.15) is 0 Å². The molecule has 0 aliphatic rings. The molecule has 0 saturated carbocycles. The SMILES string of the molecule is CCC(C)Oc1cccc(Nc2nc[nH]c(=O)c2Br)c1. The van der Waals surface area contributed by atoms with E-state index in [1.165, 1.54) is 6.33 Å². The maximum atomic E-state index is 11.5. The Hall–Kier alpha value is -1.82. The quantitative estimate of drug-likeness (QED) is 0.876. The number of benzene rings is 1. The molecule has 20 heavy (non-hydrogen) atoms. The van der Waals surface area contributed by atoms with Crippen molar-refractivity contribution < 1.29 is 4.74 Å². The maximum absolute atomic E-state index is 11.5. The van der Waals surface area contributed by atoms with Gasteiger partial charge >= 0.3 is 0 Å². The summed E-state index contributed by atoms with van der Waals surface area (Å²) < 4.78 is 6.12. The van der Waals surface area contributed by atoms with E-state index in [0.29, 0.717) is 10.3 Å². The van der Waals surface area contributed by atoms with E-state index in [1.807, 2.05) is 31.2 Å². The second kappa shape index (κ2) is 6.56. The molecule has 1 unspecified atom stereocenters. The van der Waals surface area contributed by atoms with Gasteiger partial charge in [0.05, 0.1) is 12.4 Å². The molecule has 0 aliphatic carbocycles. The monoisotopic (exact) mass is 337 g/mol. The van der Waals surface area contributed by atoms with Crippen LogP contribution >= 0.6 is 15.9 Å². The number of halogens is 1. The standard InChI is InChI=1S/C14H16BrN3O2/c1-3-9(2)20-11-6-4-5-10(7-11)18-13-12(15)14(19)17-8-16-13/h4-9H,3H2,1-2H3,(H2,16,17,18,19). The molecule has 0 bridgehead atoms. The minimum absolute atomic E-state index is 0.162. The second-order valence-corrected chi connectivity index (χ2v) is 5.18. The van der Waals surface area contributed by atoms with Gasteiger partial charge in [0.2, 0.25) is 0 Å². The molecule has 6 heteroatoms. The number of hydrogen-bond donors (Lipinski definition) is 2. The van der Waals surface area contributed by atoms with Crippen LogP contribution in [0.3, 0.4) is 0 Å². The van der Waals surface area contributed by atoms with E-state index in [1.54, 1.807) is 0 Å². The molecule has 1 heterocycles. The van der Waals surface area contributed by atoms with E-state index in [0.717, 1.165) is 17.9 Å². The number of aromatic nitrogens is 2. The molecule has 106 valence electrons. The summed E-state index contributed by atoms with van der Waals surface area (Å²) in [5, 5.41) is 3.09. The first-order valence-corrected chi connectivity index (χ1v) is 7.16. The van der Waals surface area contributed by atoms with Crippen LogP contribution in [0.15, 0.2) is 39.9 Å². The fourth-order valence-corrected chi connectivity index (χ4v) is 1.89. The number of H-pyrrole nitrogens is 1. The highest BCUT2D eigenvalue weighted by Crippen LogP contribution is 2.24. The van der Waals surface area contributed by atoms with Crippen molar-refractivity contribution in [2.24, 2.45) is 0 Å². The predicted molar refractivity (Wildman–Crippen MR) is 82.7 cm³/mol. The molecule has 5 nitrogen and oxygen atoms in total. The fraction of sp³-hybridized carbons (Fsp3) is 0.286. The van der Waals surface area contributed by atoms with Crippen molar-refractivity contribution in [2.45, 2.75) is 26.4 Å². The lowest BCUT2D eigenvalue weighted by atomic mass is 10.2. The molecule has 1 atom stereocenters. The molecule has 1 aromatic carbocycles. The second-order valence-electron chi connectivity index (χ2n) is 4.38. The van der Waals surface area contributed by atoms with Gasteiger partial charge in [-0.1, -0.05) is 13.0 Å². The normalized spacial score (nSPS) is 11.9. The lowest BCUT2D eigenvalue weighted by molar-refractivity contribution is 0.217. The zero-order valence-corrected chi connectivity index (χ0v) is 12.9. The number of hydrogen-bond acceptors (Lipinski definition) is 4. The van der Waals surface area contributed by atoms with Crippen LogP contribution in [0.1, 0.15) is 20.3 Å². The van der Waals surface area contributed by atoms with E-state index < -0.39 is 0 Å². The first kappa shape index (κ1) is 14.6. The van der Waals surface area contributed by atoms with Gasteiger partial charge in [0.1, 0.15) is 10.2 Å². The summed E-state index contributed by atoms with van der Waals surface area (Å²) in [5.41, 5.74) is 0.583. The van der Waals surface area contributed by atoms with Crippen molar-refractivity contribution in [3.63, 3.8) is 0 Å². The summed E-state index contributed by atoms with van der Waals surface area (Å²) in [5.74, 6) is 1.25. The number of anilines is 2. The molecule has 0 radical (unpaired) electrons. The van der Waals surface area contributed by atoms with Crippen LogP contribution in [0.25, 0.3) is 0 Å². The van der Waals surface area contributed by atoms with E-state index >= 15 is 0 Å². The Morgan fingerprint density at radius 3 is 3.05 bits per heavy atom. The van der Waals surface area contributed by atoms with Crippen LogP contribution in [0.2, 0.25) is 0 Å². The summed E-state index contributed by atoms with van der Waals surface area (Å²) in [4.78, 5) is 18.1. The lowest BCUT2D eigenvalue weighted by Gasteiger charge is -2.14. The van der Waals surface area contributed by atoms with Crippen LogP contribution in [0.5, 0.6) is 5.75 Å². The van der Waals surface area contributed by atoms with Gasteiger partial charge in [0.25, 0.3) is 5.56 Å². The number of nitrogens with one attached hydrogen (secondary N) is 2. The molecule has 0 spiro atoms. The number of ether oxygens (including phenoxy) is 1. The molecule has 2 N–H and O–H groups in total. The largest absolute Gasteiger partial charge is 0.491 e. The van der Waals surface area contributed by atoms with Gasteiger partial charge in [-0.3, -0.25) is 4.79 Å². The first-order chi connectivity index (χ1) is 9.60. The van der Waals surface area contributed by atoms with Gasteiger partial charge in [-0.15, -0.1) is 0 Å². The Balaban J connectivity index is 2.19. The molecular weight excluding hydrogens is 322 g/mol. The van der Waals surface area contributed by atoms with Crippen LogP contribution in [0.4, 0.5) is 11.5 Å². The van der Waals surface area contributed by atoms with E-state index in [2.05, 4.69) is 38.1 Å². The summed E-state index contributed by atoms with van der Waals surface area (Å²) >= 11 is 3.21. The lowest BCUT2D eigenvalue weighted by Crippen LogP contribution is -2.11. The highest BCUT2D eigenvalue weighted by atomic mass is 79.9. The first-order valence-electron chi connectivity index (χ1n) is 6.37. The summed E-state index contributed by atoms with van der Waals surface area (Å²) in [6.45, 7) is 4.10. The van der Waals surface area contributed by atoms with Crippen LogP contribution in [-0.2, 0) is 0 Å². The zero-order chi connectivity index (χ0) is 14.5. The Labute approximate surface area is 125 Å². The third-order valence-electron chi connectivity index (χ3n) is 2.81. The molecule has 2 aromatic rings. The molecule has 0 fully saturated rings. The molecule has 0 amide bonds. The van der Waals surface area contributed by atoms with Crippen molar-refractivity contribution >= 4 is 27.4 Å².